The lowest BCUT2D eigenvalue weighted by molar-refractivity contribution is -0.117. The molecule has 4 rings (SSSR count). The summed E-state index contributed by atoms with van der Waals surface area (Å²) >= 11 is 0. The maximum absolute atomic E-state index is 15.2. The van der Waals surface area contributed by atoms with E-state index in [2.05, 4.69) is 10.2 Å². The van der Waals surface area contributed by atoms with Crippen LogP contribution in [0, 0.1) is 19.7 Å². The van der Waals surface area contributed by atoms with Crippen LogP contribution >= 0.6 is 0 Å². The zero-order valence-electron chi connectivity index (χ0n) is 15.5. The van der Waals surface area contributed by atoms with E-state index in [0.29, 0.717) is 15.4 Å². The first-order valence-electron chi connectivity index (χ1n) is 8.59. The molecule has 2 heterocycles. The molecule has 0 radical (unpaired) electrons. The lowest BCUT2D eigenvalue weighted by Crippen LogP contribution is -2.30. The van der Waals surface area contributed by atoms with E-state index in [1.54, 1.807) is 16.9 Å². The third-order valence-corrected chi connectivity index (χ3v) is 6.11. The van der Waals surface area contributed by atoms with Crippen LogP contribution in [0.1, 0.15) is 17.0 Å². The number of ether oxygens (including phenoxy) is 1. The average molecular weight is 420 g/mol. The fraction of sp³-hybridized carbons (Fsp3) is 0.222. The number of carbonyl (C=O) groups excluding carboxylic acids is 1. The third kappa shape index (κ3) is 3.23. The van der Waals surface area contributed by atoms with Gasteiger partial charge in [0.15, 0.2) is 5.82 Å². The summed E-state index contributed by atoms with van der Waals surface area (Å²) in [6.07, 6.45) is 0. The molecule has 1 fully saturated rings. The highest BCUT2D eigenvalue weighted by Crippen LogP contribution is 2.39. The van der Waals surface area contributed by atoms with Crippen LogP contribution in [0.15, 0.2) is 24.3 Å². The first-order chi connectivity index (χ1) is 13.7. The number of halogens is 1. The number of nitrogens with zero attached hydrogens (tertiary/aromatic N) is 2. The molecule has 9 nitrogen and oxygen atoms in total. The van der Waals surface area contributed by atoms with E-state index >= 15 is 4.39 Å². The molecule has 3 aromatic rings. The second kappa shape index (κ2) is 6.62. The van der Waals surface area contributed by atoms with Crippen LogP contribution in [0.3, 0.4) is 0 Å². The molecule has 1 saturated heterocycles. The number of amides is 1. The fourth-order valence-electron chi connectivity index (χ4n) is 3.22. The maximum atomic E-state index is 15.2. The van der Waals surface area contributed by atoms with Crippen molar-refractivity contribution in [1.82, 2.24) is 14.9 Å². The van der Waals surface area contributed by atoms with Crippen LogP contribution in [-0.2, 0) is 21.6 Å². The molecule has 11 heteroatoms. The van der Waals surface area contributed by atoms with E-state index in [4.69, 9.17) is 4.74 Å². The molecule has 1 aliphatic rings. The van der Waals surface area contributed by atoms with Crippen LogP contribution in [-0.4, -0.2) is 36.2 Å². The van der Waals surface area contributed by atoms with Crippen molar-refractivity contribution in [2.75, 3.05) is 10.8 Å². The van der Waals surface area contributed by atoms with E-state index in [0.717, 1.165) is 17.0 Å². The number of anilines is 1. The molecule has 0 bridgehead atoms. The second-order valence-electron chi connectivity index (χ2n) is 6.68. The Kier molecular flexibility index (Phi) is 4.34. The van der Waals surface area contributed by atoms with Gasteiger partial charge >= 0.3 is 10.2 Å². The van der Waals surface area contributed by atoms with Crippen molar-refractivity contribution in [2.24, 2.45) is 0 Å². The molecule has 0 aliphatic carbocycles. The van der Waals surface area contributed by atoms with Crippen molar-refractivity contribution in [2.45, 2.75) is 20.5 Å². The lowest BCUT2D eigenvalue weighted by atomic mass is 10.1. The van der Waals surface area contributed by atoms with Crippen LogP contribution in [0.2, 0.25) is 0 Å². The number of phenols is 1. The van der Waals surface area contributed by atoms with Gasteiger partial charge in [-0.3, -0.25) is 9.89 Å². The molecule has 0 unspecified atom stereocenters. The molecule has 1 aromatic heterocycles. The molecule has 1 aliphatic heterocycles. The molecule has 0 spiro atoms. The minimum Gasteiger partial charge on any atom is -0.506 e. The van der Waals surface area contributed by atoms with Crippen molar-refractivity contribution < 1.29 is 27.4 Å². The van der Waals surface area contributed by atoms with Crippen molar-refractivity contribution in [3.63, 3.8) is 0 Å². The highest BCUT2D eigenvalue weighted by atomic mass is 32.2. The molecule has 3 N–H and O–H groups in total. The van der Waals surface area contributed by atoms with Gasteiger partial charge < -0.3 is 9.84 Å². The summed E-state index contributed by atoms with van der Waals surface area (Å²) in [6.45, 7) is 3.29. The second-order valence-corrected chi connectivity index (χ2v) is 8.27. The van der Waals surface area contributed by atoms with Gasteiger partial charge in [-0.15, -0.1) is 0 Å². The van der Waals surface area contributed by atoms with Crippen molar-refractivity contribution in [1.29, 1.82) is 0 Å². The number of aromatic amines is 1. The highest BCUT2D eigenvalue weighted by Gasteiger charge is 2.37. The highest BCUT2D eigenvalue weighted by molar-refractivity contribution is 7.92. The van der Waals surface area contributed by atoms with Gasteiger partial charge in [0.25, 0.3) is 5.91 Å². The predicted molar refractivity (Wildman–Crippen MR) is 102 cm³/mol. The standard InChI is InChI=1S/C18H17FN4O5S/c1-9-14(10(2)21-20-9)8-28-12-4-3-11-5-15(24)18(17(19)13(11)6-12)23-7-16(25)22-29(23,26)27/h3-6,24H,7-8H2,1-2H3,(H,20,21)(H,22,25). The Morgan fingerprint density at radius 3 is 2.69 bits per heavy atom. The quantitative estimate of drug-likeness (QED) is 0.591. The van der Waals surface area contributed by atoms with E-state index in [1.807, 2.05) is 13.8 Å². The SMILES string of the molecule is Cc1n[nH]c(C)c1COc1ccc2cc(O)c(N3CC(=O)NS3(=O)=O)c(F)c2c1. The minimum atomic E-state index is -4.27. The number of benzene rings is 2. The van der Waals surface area contributed by atoms with Gasteiger partial charge in [0, 0.05) is 16.6 Å². The predicted octanol–water partition coefficient (Wildman–Crippen LogP) is 1.78. The largest absolute Gasteiger partial charge is 0.506 e. The zero-order valence-corrected chi connectivity index (χ0v) is 16.3. The normalized spacial score (nSPS) is 15.7. The fourth-order valence-corrected chi connectivity index (χ4v) is 4.39. The molecule has 0 atom stereocenters. The van der Waals surface area contributed by atoms with Gasteiger partial charge in [-0.05, 0) is 37.4 Å². The van der Waals surface area contributed by atoms with Gasteiger partial charge in [-0.1, -0.05) is 6.07 Å². The number of carbonyl (C=O) groups is 1. The van der Waals surface area contributed by atoms with E-state index in [9.17, 15) is 18.3 Å². The molecular formula is C18H17FN4O5S. The van der Waals surface area contributed by atoms with Crippen LogP contribution < -0.4 is 13.8 Å². The lowest BCUT2D eigenvalue weighted by Gasteiger charge is -2.18. The minimum absolute atomic E-state index is 0.0467. The van der Waals surface area contributed by atoms with E-state index < -0.39 is 39.9 Å². The Morgan fingerprint density at radius 1 is 1.31 bits per heavy atom. The monoisotopic (exact) mass is 420 g/mol. The average Bonchev–Trinajstić information content (AvgIpc) is 3.10. The molecule has 1 amide bonds. The number of phenolic OH excluding ortho intramolecular Hbond substituents is 1. The Bertz CT molecular complexity index is 1240. The van der Waals surface area contributed by atoms with Gasteiger partial charge in [-0.25, -0.2) is 13.4 Å². The summed E-state index contributed by atoms with van der Waals surface area (Å²) in [5.74, 6) is -2.02. The summed E-state index contributed by atoms with van der Waals surface area (Å²) < 4.78 is 47.3. The molecule has 0 saturated carbocycles. The number of aryl methyl sites for hydroxylation is 2. The van der Waals surface area contributed by atoms with E-state index in [1.165, 1.54) is 12.1 Å². The van der Waals surface area contributed by atoms with Gasteiger partial charge in [-0.2, -0.15) is 13.5 Å². The number of aromatic nitrogens is 2. The molecule has 2 aromatic carbocycles. The van der Waals surface area contributed by atoms with E-state index in [-0.39, 0.29) is 12.0 Å². The first-order valence-corrected chi connectivity index (χ1v) is 10.0. The van der Waals surface area contributed by atoms with Gasteiger partial charge in [0.2, 0.25) is 0 Å². The number of aromatic hydroxyl groups is 1. The molecular weight excluding hydrogens is 403 g/mol. The topological polar surface area (TPSA) is 125 Å². The number of rotatable bonds is 4. The smallest absolute Gasteiger partial charge is 0.326 e. The summed E-state index contributed by atoms with van der Waals surface area (Å²) in [6, 6.07) is 5.81. The number of H-pyrrole nitrogens is 1. The Labute approximate surface area is 165 Å². The van der Waals surface area contributed by atoms with Crippen molar-refractivity contribution in [3.8, 4) is 11.5 Å². The van der Waals surface area contributed by atoms with Crippen LogP contribution in [0.5, 0.6) is 11.5 Å². The maximum Gasteiger partial charge on any atom is 0.326 e. The zero-order chi connectivity index (χ0) is 20.9. The summed E-state index contributed by atoms with van der Waals surface area (Å²) in [7, 11) is -4.27. The first kappa shape index (κ1) is 19.0. The number of nitrogens with one attached hydrogen (secondary N) is 2. The van der Waals surface area contributed by atoms with Crippen molar-refractivity contribution in [3.05, 3.63) is 47.0 Å². The van der Waals surface area contributed by atoms with Gasteiger partial charge in [0.1, 0.15) is 30.3 Å². The third-order valence-electron chi connectivity index (χ3n) is 4.74. The summed E-state index contributed by atoms with van der Waals surface area (Å²) in [5, 5.41) is 17.5. The molecule has 152 valence electrons. The Balaban J connectivity index is 1.74. The summed E-state index contributed by atoms with van der Waals surface area (Å²) in [5.41, 5.74) is 1.94. The Hall–Kier alpha value is -3.34. The molecule has 29 heavy (non-hydrogen) atoms. The number of hydrogen-bond acceptors (Lipinski definition) is 6. The van der Waals surface area contributed by atoms with Crippen LogP contribution in [0.4, 0.5) is 10.1 Å². The number of fused-ring (bicyclic) bond motifs is 1. The van der Waals surface area contributed by atoms with Crippen molar-refractivity contribution >= 4 is 32.6 Å². The van der Waals surface area contributed by atoms with Gasteiger partial charge in [0.05, 0.1) is 5.69 Å². The Morgan fingerprint density at radius 2 is 2.07 bits per heavy atom. The summed E-state index contributed by atoms with van der Waals surface area (Å²) in [4.78, 5) is 11.5. The number of hydrogen-bond donors (Lipinski definition) is 3. The van der Waals surface area contributed by atoms with Crippen LogP contribution in [0.25, 0.3) is 10.8 Å².